The SMILES string of the molecule is O=C(O)c1cc(CO)nc(CNCc2nncn2Cc2ccc(F)cc2)c1. The van der Waals surface area contributed by atoms with E-state index < -0.39 is 5.97 Å². The van der Waals surface area contributed by atoms with E-state index in [9.17, 15) is 14.3 Å². The van der Waals surface area contributed by atoms with Crippen LogP contribution < -0.4 is 5.32 Å². The molecule has 0 aliphatic rings. The number of rotatable bonds is 8. The average molecular weight is 371 g/mol. The fourth-order valence-corrected chi connectivity index (χ4v) is 2.58. The summed E-state index contributed by atoms with van der Waals surface area (Å²) in [7, 11) is 0. The second-order valence-corrected chi connectivity index (χ2v) is 5.91. The predicted molar refractivity (Wildman–Crippen MR) is 93.2 cm³/mol. The summed E-state index contributed by atoms with van der Waals surface area (Å²) in [6.45, 7) is 0.859. The molecule has 3 N–H and O–H groups in total. The van der Waals surface area contributed by atoms with Crippen LogP contribution in [0.15, 0.2) is 42.7 Å². The Morgan fingerprint density at radius 3 is 2.59 bits per heavy atom. The summed E-state index contributed by atoms with van der Waals surface area (Å²) >= 11 is 0. The van der Waals surface area contributed by atoms with Crippen molar-refractivity contribution in [3.05, 3.63) is 76.9 Å². The van der Waals surface area contributed by atoms with Crippen LogP contribution in [0.2, 0.25) is 0 Å². The summed E-state index contributed by atoms with van der Waals surface area (Å²) < 4.78 is 14.8. The van der Waals surface area contributed by atoms with E-state index in [1.807, 2.05) is 4.57 Å². The van der Waals surface area contributed by atoms with Gasteiger partial charge in [-0.25, -0.2) is 9.18 Å². The highest BCUT2D eigenvalue weighted by molar-refractivity contribution is 5.87. The molecule has 3 rings (SSSR count). The molecule has 0 saturated heterocycles. The van der Waals surface area contributed by atoms with Crippen molar-refractivity contribution in [3.63, 3.8) is 0 Å². The molecule has 0 amide bonds. The second-order valence-electron chi connectivity index (χ2n) is 5.91. The monoisotopic (exact) mass is 371 g/mol. The summed E-state index contributed by atoms with van der Waals surface area (Å²) in [5.41, 5.74) is 1.79. The van der Waals surface area contributed by atoms with Crippen molar-refractivity contribution in [1.82, 2.24) is 25.1 Å². The Balaban J connectivity index is 1.63. The topological polar surface area (TPSA) is 113 Å². The van der Waals surface area contributed by atoms with Crippen molar-refractivity contribution < 1.29 is 19.4 Å². The number of carboxylic acids is 1. The number of nitrogens with zero attached hydrogens (tertiary/aromatic N) is 4. The van der Waals surface area contributed by atoms with Gasteiger partial charge in [-0.2, -0.15) is 0 Å². The average Bonchev–Trinajstić information content (AvgIpc) is 3.10. The van der Waals surface area contributed by atoms with E-state index >= 15 is 0 Å². The van der Waals surface area contributed by atoms with Crippen molar-refractivity contribution >= 4 is 5.97 Å². The van der Waals surface area contributed by atoms with Crippen molar-refractivity contribution in [3.8, 4) is 0 Å². The number of aromatic carboxylic acids is 1. The molecule has 9 heteroatoms. The molecule has 0 radical (unpaired) electrons. The number of benzene rings is 1. The van der Waals surface area contributed by atoms with Gasteiger partial charge in [0.2, 0.25) is 0 Å². The van der Waals surface area contributed by atoms with E-state index in [2.05, 4.69) is 20.5 Å². The first-order valence-electron chi connectivity index (χ1n) is 8.21. The van der Waals surface area contributed by atoms with Gasteiger partial charge in [0.05, 0.1) is 36.6 Å². The van der Waals surface area contributed by atoms with Gasteiger partial charge < -0.3 is 20.1 Å². The predicted octanol–water partition coefficient (Wildman–Crippen LogP) is 1.34. The Kier molecular flexibility index (Phi) is 5.84. The minimum atomic E-state index is -1.08. The largest absolute Gasteiger partial charge is 0.478 e. The number of nitrogens with one attached hydrogen (secondary N) is 1. The highest BCUT2D eigenvalue weighted by atomic mass is 19.1. The molecule has 0 spiro atoms. The quantitative estimate of drug-likeness (QED) is 0.548. The highest BCUT2D eigenvalue weighted by Crippen LogP contribution is 2.09. The second kappa shape index (κ2) is 8.47. The first-order valence-corrected chi connectivity index (χ1v) is 8.21. The number of carboxylic acid groups (broad SMARTS) is 1. The minimum absolute atomic E-state index is 0.0744. The van der Waals surface area contributed by atoms with Crippen LogP contribution in [-0.2, 0) is 26.2 Å². The summed E-state index contributed by atoms with van der Waals surface area (Å²) in [6, 6.07) is 8.99. The normalized spacial score (nSPS) is 10.9. The number of pyridine rings is 1. The van der Waals surface area contributed by atoms with Gasteiger partial charge in [0, 0.05) is 6.54 Å². The van der Waals surface area contributed by atoms with Crippen LogP contribution in [0.5, 0.6) is 0 Å². The molecule has 0 aliphatic heterocycles. The minimum Gasteiger partial charge on any atom is -0.478 e. The summed E-state index contributed by atoms with van der Waals surface area (Å²) in [5.74, 6) is -0.689. The Morgan fingerprint density at radius 1 is 1.15 bits per heavy atom. The zero-order valence-electron chi connectivity index (χ0n) is 14.3. The molecule has 3 aromatic rings. The molecular weight excluding hydrogens is 353 g/mol. The third-order valence-corrected chi connectivity index (χ3v) is 3.89. The first-order chi connectivity index (χ1) is 13.0. The van der Waals surface area contributed by atoms with Crippen molar-refractivity contribution in [2.45, 2.75) is 26.2 Å². The van der Waals surface area contributed by atoms with Gasteiger partial charge in [0.15, 0.2) is 0 Å². The molecule has 2 aromatic heterocycles. The molecule has 0 aliphatic carbocycles. The maximum absolute atomic E-state index is 13.0. The van der Waals surface area contributed by atoms with Gasteiger partial charge in [0.25, 0.3) is 0 Å². The van der Waals surface area contributed by atoms with E-state index in [0.717, 1.165) is 5.56 Å². The molecule has 0 unspecified atom stereocenters. The number of hydrogen-bond donors (Lipinski definition) is 3. The van der Waals surface area contributed by atoms with Crippen LogP contribution in [0, 0.1) is 5.82 Å². The summed E-state index contributed by atoms with van der Waals surface area (Å²) in [5, 5.41) is 29.4. The van der Waals surface area contributed by atoms with E-state index in [4.69, 9.17) is 5.11 Å². The molecule has 27 heavy (non-hydrogen) atoms. The maximum Gasteiger partial charge on any atom is 0.335 e. The Hall–Kier alpha value is -3.17. The molecule has 140 valence electrons. The molecule has 0 bridgehead atoms. The van der Waals surface area contributed by atoms with Crippen molar-refractivity contribution in [2.24, 2.45) is 0 Å². The first kappa shape index (κ1) is 18.6. The third kappa shape index (κ3) is 4.93. The van der Waals surface area contributed by atoms with Gasteiger partial charge in [-0.3, -0.25) is 4.98 Å². The van der Waals surface area contributed by atoms with Gasteiger partial charge in [-0.1, -0.05) is 12.1 Å². The van der Waals surface area contributed by atoms with Gasteiger partial charge in [0.1, 0.15) is 18.0 Å². The van der Waals surface area contributed by atoms with Crippen LogP contribution in [0.1, 0.15) is 33.1 Å². The van der Waals surface area contributed by atoms with Crippen LogP contribution >= 0.6 is 0 Å². The van der Waals surface area contributed by atoms with Crippen LogP contribution in [0.3, 0.4) is 0 Å². The Bertz CT molecular complexity index is 927. The van der Waals surface area contributed by atoms with Gasteiger partial charge in [-0.15, -0.1) is 10.2 Å². The van der Waals surface area contributed by atoms with E-state index in [0.29, 0.717) is 36.8 Å². The number of aliphatic hydroxyl groups excluding tert-OH is 1. The lowest BCUT2D eigenvalue weighted by molar-refractivity contribution is 0.0696. The third-order valence-electron chi connectivity index (χ3n) is 3.89. The lowest BCUT2D eigenvalue weighted by atomic mass is 10.2. The number of halogens is 1. The Morgan fingerprint density at radius 2 is 1.89 bits per heavy atom. The molecule has 0 saturated carbocycles. The smallest absolute Gasteiger partial charge is 0.335 e. The molecule has 1 aromatic carbocycles. The summed E-state index contributed by atoms with van der Waals surface area (Å²) in [4.78, 5) is 15.3. The zero-order valence-corrected chi connectivity index (χ0v) is 14.3. The fraction of sp³-hybridized carbons (Fsp3) is 0.222. The molecule has 0 atom stereocenters. The van der Waals surface area contributed by atoms with Crippen LogP contribution in [0.25, 0.3) is 0 Å². The number of hydrogen-bond acceptors (Lipinski definition) is 6. The lowest BCUT2D eigenvalue weighted by Crippen LogP contribution is -2.18. The van der Waals surface area contributed by atoms with Gasteiger partial charge in [-0.05, 0) is 29.8 Å². The van der Waals surface area contributed by atoms with Crippen molar-refractivity contribution in [2.75, 3.05) is 0 Å². The fourth-order valence-electron chi connectivity index (χ4n) is 2.58. The number of aliphatic hydroxyl groups is 1. The molecule has 8 nitrogen and oxygen atoms in total. The van der Waals surface area contributed by atoms with Crippen LogP contribution in [0.4, 0.5) is 4.39 Å². The highest BCUT2D eigenvalue weighted by Gasteiger charge is 2.09. The number of carbonyl (C=O) groups is 1. The van der Waals surface area contributed by atoms with Gasteiger partial charge >= 0.3 is 5.97 Å². The van der Waals surface area contributed by atoms with Crippen molar-refractivity contribution in [1.29, 1.82) is 0 Å². The van der Waals surface area contributed by atoms with E-state index in [1.165, 1.54) is 24.3 Å². The molecule has 0 fully saturated rings. The standard InChI is InChI=1S/C18H18FN5O3/c19-14-3-1-12(2-4-14)9-24-11-21-23-17(24)8-20-7-15-5-13(18(26)27)6-16(10-25)22-15/h1-6,11,20,25H,7-10H2,(H,26,27). The molecule has 2 heterocycles. The Labute approximate surface area is 154 Å². The van der Waals surface area contributed by atoms with E-state index in [1.54, 1.807) is 18.5 Å². The van der Waals surface area contributed by atoms with E-state index in [-0.39, 0.29) is 18.0 Å². The zero-order chi connectivity index (χ0) is 19.2. The number of aromatic nitrogens is 4. The molecular formula is C18H18FN5O3. The summed E-state index contributed by atoms with van der Waals surface area (Å²) in [6.07, 6.45) is 1.59. The lowest BCUT2D eigenvalue weighted by Gasteiger charge is -2.09. The van der Waals surface area contributed by atoms with Crippen LogP contribution in [-0.4, -0.2) is 35.9 Å². The maximum atomic E-state index is 13.0.